The van der Waals surface area contributed by atoms with Gasteiger partial charge < -0.3 is 9.64 Å². The summed E-state index contributed by atoms with van der Waals surface area (Å²) < 4.78 is 30.5. The van der Waals surface area contributed by atoms with Gasteiger partial charge in [0, 0.05) is 31.2 Å². The lowest BCUT2D eigenvalue weighted by Gasteiger charge is -2.30. The number of hydrogen-bond donors (Lipinski definition) is 0. The van der Waals surface area contributed by atoms with E-state index in [9.17, 15) is 13.2 Å². The molecular formula is C18H25ClN2O4S. The first kappa shape index (κ1) is 19.5. The standard InChI is InChI=1S/C18H25ClN2O4S/c1-13-4-3-9-21(13)18(22)14-5-6-17(16(19)12-14)25-15-7-10-20(11-8-15)26(2,23)24/h5-6,12-13,15H,3-4,7-11H2,1-2H3/t13-/m1/s1. The van der Waals surface area contributed by atoms with E-state index in [-0.39, 0.29) is 18.1 Å². The van der Waals surface area contributed by atoms with Gasteiger partial charge in [-0.3, -0.25) is 4.79 Å². The van der Waals surface area contributed by atoms with Crippen molar-refractivity contribution in [3.63, 3.8) is 0 Å². The molecule has 3 rings (SSSR count). The number of carbonyl (C=O) groups excluding carboxylic acids is 1. The third-order valence-electron chi connectivity index (χ3n) is 5.16. The van der Waals surface area contributed by atoms with Gasteiger partial charge in [0.25, 0.3) is 5.91 Å². The van der Waals surface area contributed by atoms with Gasteiger partial charge in [0.2, 0.25) is 10.0 Å². The van der Waals surface area contributed by atoms with E-state index in [0.717, 1.165) is 19.4 Å². The first-order valence-electron chi connectivity index (χ1n) is 8.98. The fourth-order valence-corrected chi connectivity index (χ4v) is 4.69. The maximum absolute atomic E-state index is 12.6. The van der Waals surface area contributed by atoms with E-state index in [0.29, 0.717) is 42.3 Å². The van der Waals surface area contributed by atoms with Gasteiger partial charge in [-0.25, -0.2) is 12.7 Å². The summed E-state index contributed by atoms with van der Waals surface area (Å²) in [6.07, 6.45) is 4.46. The number of halogens is 1. The average Bonchev–Trinajstić information content (AvgIpc) is 3.01. The van der Waals surface area contributed by atoms with Crippen molar-refractivity contribution in [1.29, 1.82) is 0 Å². The molecule has 6 nitrogen and oxygen atoms in total. The summed E-state index contributed by atoms with van der Waals surface area (Å²) in [5.74, 6) is 0.542. The van der Waals surface area contributed by atoms with Crippen LogP contribution < -0.4 is 4.74 Å². The minimum absolute atomic E-state index is 0.00455. The Balaban J connectivity index is 1.63. The zero-order chi connectivity index (χ0) is 18.9. The maximum atomic E-state index is 12.6. The van der Waals surface area contributed by atoms with Gasteiger partial charge in [-0.15, -0.1) is 0 Å². The number of nitrogens with zero attached hydrogens (tertiary/aromatic N) is 2. The summed E-state index contributed by atoms with van der Waals surface area (Å²) in [6, 6.07) is 5.41. The maximum Gasteiger partial charge on any atom is 0.254 e. The van der Waals surface area contributed by atoms with E-state index in [1.807, 2.05) is 4.90 Å². The Kier molecular flexibility index (Phi) is 5.79. The Morgan fingerprint density at radius 1 is 1.19 bits per heavy atom. The van der Waals surface area contributed by atoms with Crippen LogP contribution in [0.5, 0.6) is 5.75 Å². The minimum Gasteiger partial charge on any atom is -0.489 e. The molecule has 0 saturated carbocycles. The van der Waals surface area contributed by atoms with E-state index in [2.05, 4.69) is 6.92 Å². The molecule has 1 amide bonds. The Hall–Kier alpha value is -1.31. The van der Waals surface area contributed by atoms with Crippen LogP contribution in [0, 0.1) is 0 Å². The highest BCUT2D eigenvalue weighted by Gasteiger charge is 2.28. The highest BCUT2D eigenvalue weighted by Crippen LogP contribution is 2.30. The van der Waals surface area contributed by atoms with Crippen LogP contribution in [0.3, 0.4) is 0 Å². The van der Waals surface area contributed by atoms with Crippen molar-refractivity contribution in [2.45, 2.75) is 44.8 Å². The van der Waals surface area contributed by atoms with Crippen LogP contribution in [0.25, 0.3) is 0 Å². The quantitative estimate of drug-likeness (QED) is 0.779. The number of ether oxygens (including phenoxy) is 1. The highest BCUT2D eigenvalue weighted by molar-refractivity contribution is 7.88. The lowest BCUT2D eigenvalue weighted by atomic mass is 10.1. The molecule has 0 spiro atoms. The number of amides is 1. The van der Waals surface area contributed by atoms with Crippen molar-refractivity contribution in [1.82, 2.24) is 9.21 Å². The van der Waals surface area contributed by atoms with Crippen molar-refractivity contribution < 1.29 is 17.9 Å². The molecule has 2 aliphatic heterocycles. The van der Waals surface area contributed by atoms with E-state index in [4.69, 9.17) is 16.3 Å². The van der Waals surface area contributed by atoms with Crippen LogP contribution >= 0.6 is 11.6 Å². The van der Waals surface area contributed by atoms with Gasteiger partial charge in [-0.1, -0.05) is 11.6 Å². The smallest absolute Gasteiger partial charge is 0.254 e. The largest absolute Gasteiger partial charge is 0.489 e. The van der Waals surface area contributed by atoms with Gasteiger partial charge in [0.05, 0.1) is 11.3 Å². The van der Waals surface area contributed by atoms with Gasteiger partial charge in [-0.05, 0) is 50.8 Å². The molecule has 1 aromatic rings. The Morgan fingerprint density at radius 2 is 1.88 bits per heavy atom. The first-order chi connectivity index (χ1) is 12.3. The summed E-state index contributed by atoms with van der Waals surface area (Å²) in [5.41, 5.74) is 0.572. The average molecular weight is 401 g/mol. The molecule has 1 atom stereocenters. The monoisotopic (exact) mass is 400 g/mol. The van der Waals surface area contributed by atoms with E-state index < -0.39 is 10.0 Å². The molecule has 0 bridgehead atoms. The zero-order valence-electron chi connectivity index (χ0n) is 15.2. The summed E-state index contributed by atoms with van der Waals surface area (Å²) in [6.45, 7) is 3.75. The molecule has 2 fully saturated rings. The third kappa shape index (κ3) is 4.32. The van der Waals surface area contributed by atoms with E-state index >= 15 is 0 Å². The molecule has 8 heteroatoms. The number of benzene rings is 1. The Bertz CT molecular complexity index is 775. The molecule has 2 aliphatic rings. The number of carbonyl (C=O) groups is 1. The van der Waals surface area contributed by atoms with Crippen LogP contribution in [0.4, 0.5) is 0 Å². The fraction of sp³-hybridized carbons (Fsp3) is 0.611. The second-order valence-corrected chi connectivity index (χ2v) is 9.50. The lowest BCUT2D eigenvalue weighted by molar-refractivity contribution is 0.0747. The number of likely N-dealkylation sites (tertiary alicyclic amines) is 1. The van der Waals surface area contributed by atoms with Crippen LogP contribution in [0.2, 0.25) is 5.02 Å². The molecule has 0 aliphatic carbocycles. The molecule has 0 aromatic heterocycles. The summed E-state index contributed by atoms with van der Waals surface area (Å²) in [4.78, 5) is 14.5. The predicted molar refractivity (Wildman–Crippen MR) is 101 cm³/mol. The number of rotatable bonds is 4. The molecule has 0 unspecified atom stereocenters. The van der Waals surface area contributed by atoms with Crippen LogP contribution in [0.15, 0.2) is 18.2 Å². The number of hydrogen-bond acceptors (Lipinski definition) is 4. The van der Waals surface area contributed by atoms with Crippen molar-refractivity contribution in [2.75, 3.05) is 25.9 Å². The molecule has 1 aromatic carbocycles. The number of sulfonamides is 1. The predicted octanol–water partition coefficient (Wildman–Crippen LogP) is 2.77. The second-order valence-electron chi connectivity index (χ2n) is 7.11. The summed E-state index contributed by atoms with van der Waals surface area (Å²) in [7, 11) is -3.15. The first-order valence-corrected chi connectivity index (χ1v) is 11.2. The molecule has 144 valence electrons. The third-order valence-corrected chi connectivity index (χ3v) is 6.75. The van der Waals surface area contributed by atoms with E-state index in [1.165, 1.54) is 10.6 Å². The van der Waals surface area contributed by atoms with E-state index in [1.54, 1.807) is 18.2 Å². The topological polar surface area (TPSA) is 66.9 Å². The minimum atomic E-state index is -3.15. The van der Waals surface area contributed by atoms with Crippen molar-refractivity contribution in [3.05, 3.63) is 28.8 Å². The highest BCUT2D eigenvalue weighted by atomic mass is 35.5. The van der Waals surface area contributed by atoms with Gasteiger partial charge in [-0.2, -0.15) is 0 Å². The Morgan fingerprint density at radius 3 is 2.42 bits per heavy atom. The van der Waals surface area contributed by atoms with Crippen LogP contribution in [-0.2, 0) is 10.0 Å². The second kappa shape index (κ2) is 7.74. The normalized spacial score (nSPS) is 22.6. The van der Waals surface area contributed by atoms with Gasteiger partial charge in [0.15, 0.2) is 0 Å². The van der Waals surface area contributed by atoms with Gasteiger partial charge in [0.1, 0.15) is 11.9 Å². The van der Waals surface area contributed by atoms with Crippen molar-refractivity contribution in [3.8, 4) is 5.75 Å². The summed E-state index contributed by atoms with van der Waals surface area (Å²) in [5, 5.41) is 0.410. The molecule has 0 radical (unpaired) electrons. The lowest BCUT2D eigenvalue weighted by Crippen LogP contribution is -2.41. The molecule has 2 saturated heterocycles. The summed E-state index contributed by atoms with van der Waals surface area (Å²) >= 11 is 6.33. The molecule has 0 N–H and O–H groups in total. The van der Waals surface area contributed by atoms with Gasteiger partial charge >= 0.3 is 0 Å². The SMILES string of the molecule is C[C@@H]1CCCN1C(=O)c1ccc(OC2CCN(S(C)(=O)=O)CC2)c(Cl)c1. The van der Waals surface area contributed by atoms with Crippen LogP contribution in [0.1, 0.15) is 43.0 Å². The zero-order valence-corrected chi connectivity index (χ0v) is 16.7. The Labute approximate surface area is 160 Å². The fourth-order valence-electron chi connectivity index (χ4n) is 3.59. The van der Waals surface area contributed by atoms with Crippen molar-refractivity contribution >= 4 is 27.5 Å². The van der Waals surface area contributed by atoms with Crippen molar-refractivity contribution in [2.24, 2.45) is 0 Å². The van der Waals surface area contributed by atoms with Crippen LogP contribution in [-0.4, -0.2) is 61.6 Å². The molecular weight excluding hydrogens is 376 g/mol. The molecule has 26 heavy (non-hydrogen) atoms. The molecule has 2 heterocycles. The number of piperidine rings is 1.